The molecule has 0 N–H and O–H groups in total. The standard InChI is InChI=1S/C13H14ClN/c1-7-5-11-13(10(4)9(7)3)8(2)6-12(14)15-11/h5-6H,1-4H3. The summed E-state index contributed by atoms with van der Waals surface area (Å²) in [5.74, 6) is 0. The molecule has 0 bridgehead atoms. The van der Waals surface area contributed by atoms with E-state index in [9.17, 15) is 0 Å². The van der Waals surface area contributed by atoms with Crippen molar-refractivity contribution >= 4 is 22.5 Å². The van der Waals surface area contributed by atoms with Crippen molar-refractivity contribution in [3.8, 4) is 0 Å². The van der Waals surface area contributed by atoms with E-state index in [0.717, 1.165) is 5.52 Å². The van der Waals surface area contributed by atoms with Gasteiger partial charge in [0.25, 0.3) is 0 Å². The first kappa shape index (κ1) is 10.4. The topological polar surface area (TPSA) is 12.9 Å². The summed E-state index contributed by atoms with van der Waals surface area (Å²) in [6, 6.07) is 4.03. The molecule has 1 aromatic heterocycles. The number of aromatic nitrogens is 1. The van der Waals surface area contributed by atoms with Crippen LogP contribution in [0.3, 0.4) is 0 Å². The normalized spacial score (nSPS) is 11.0. The predicted octanol–water partition coefficient (Wildman–Crippen LogP) is 4.12. The van der Waals surface area contributed by atoms with Crippen LogP contribution in [-0.4, -0.2) is 4.98 Å². The van der Waals surface area contributed by atoms with E-state index in [0.29, 0.717) is 5.15 Å². The van der Waals surface area contributed by atoms with Gasteiger partial charge in [0.05, 0.1) is 5.52 Å². The van der Waals surface area contributed by atoms with Gasteiger partial charge in [0.1, 0.15) is 5.15 Å². The highest BCUT2D eigenvalue weighted by Gasteiger charge is 2.08. The van der Waals surface area contributed by atoms with E-state index >= 15 is 0 Å². The van der Waals surface area contributed by atoms with E-state index in [1.54, 1.807) is 0 Å². The van der Waals surface area contributed by atoms with Crippen LogP contribution in [0.5, 0.6) is 0 Å². The summed E-state index contributed by atoms with van der Waals surface area (Å²) in [5.41, 5.74) is 6.13. The van der Waals surface area contributed by atoms with Crippen molar-refractivity contribution in [3.63, 3.8) is 0 Å². The van der Waals surface area contributed by atoms with E-state index in [-0.39, 0.29) is 0 Å². The lowest BCUT2D eigenvalue weighted by molar-refractivity contribution is 1.26. The van der Waals surface area contributed by atoms with Crippen LogP contribution in [0.4, 0.5) is 0 Å². The molecule has 2 rings (SSSR count). The second-order valence-corrected chi connectivity index (χ2v) is 4.49. The SMILES string of the molecule is Cc1cc2nc(Cl)cc(C)c2c(C)c1C. The van der Waals surface area contributed by atoms with Gasteiger partial charge in [-0.2, -0.15) is 0 Å². The van der Waals surface area contributed by atoms with Crippen LogP contribution in [0.15, 0.2) is 12.1 Å². The van der Waals surface area contributed by atoms with Crippen LogP contribution in [0, 0.1) is 27.7 Å². The van der Waals surface area contributed by atoms with Gasteiger partial charge in [-0.05, 0) is 62.1 Å². The third kappa shape index (κ3) is 1.61. The van der Waals surface area contributed by atoms with Crippen molar-refractivity contribution in [2.24, 2.45) is 0 Å². The molecule has 2 heteroatoms. The summed E-state index contributed by atoms with van der Waals surface area (Å²) in [7, 11) is 0. The first-order valence-electron chi connectivity index (χ1n) is 5.04. The predicted molar refractivity (Wildman–Crippen MR) is 65.7 cm³/mol. The summed E-state index contributed by atoms with van der Waals surface area (Å²) in [4.78, 5) is 4.36. The number of hydrogen-bond donors (Lipinski definition) is 0. The van der Waals surface area contributed by atoms with Crippen molar-refractivity contribution in [2.75, 3.05) is 0 Å². The molecule has 0 atom stereocenters. The molecule has 0 unspecified atom stereocenters. The molecule has 1 heterocycles. The molecular weight excluding hydrogens is 206 g/mol. The summed E-state index contributed by atoms with van der Waals surface area (Å²) in [6.07, 6.45) is 0. The van der Waals surface area contributed by atoms with Crippen molar-refractivity contribution in [1.29, 1.82) is 0 Å². The highest BCUT2D eigenvalue weighted by molar-refractivity contribution is 6.30. The minimum atomic E-state index is 0.572. The first-order chi connectivity index (χ1) is 7.00. The summed E-state index contributed by atoms with van der Waals surface area (Å²) in [6.45, 7) is 8.49. The molecule has 1 nitrogen and oxygen atoms in total. The highest BCUT2D eigenvalue weighted by atomic mass is 35.5. The fraction of sp³-hybridized carbons (Fsp3) is 0.308. The van der Waals surface area contributed by atoms with E-state index in [4.69, 9.17) is 11.6 Å². The highest BCUT2D eigenvalue weighted by Crippen LogP contribution is 2.27. The van der Waals surface area contributed by atoms with Gasteiger partial charge in [0, 0.05) is 5.39 Å². The Hall–Kier alpha value is -1.08. The number of nitrogens with zero attached hydrogens (tertiary/aromatic N) is 1. The molecule has 0 saturated carbocycles. The van der Waals surface area contributed by atoms with Crippen LogP contribution in [0.2, 0.25) is 5.15 Å². The molecule has 0 aliphatic heterocycles. The molecule has 0 fully saturated rings. The Bertz CT molecular complexity index is 544. The molecule has 0 radical (unpaired) electrons. The molecular formula is C13H14ClN. The second-order valence-electron chi connectivity index (χ2n) is 4.10. The largest absolute Gasteiger partial charge is 0.236 e. The van der Waals surface area contributed by atoms with Crippen LogP contribution >= 0.6 is 11.6 Å². The average molecular weight is 220 g/mol. The number of rotatable bonds is 0. The van der Waals surface area contributed by atoms with Crippen molar-refractivity contribution in [1.82, 2.24) is 4.98 Å². The lowest BCUT2D eigenvalue weighted by Crippen LogP contribution is -1.93. The summed E-state index contributed by atoms with van der Waals surface area (Å²) >= 11 is 5.96. The Morgan fingerprint density at radius 2 is 1.60 bits per heavy atom. The fourth-order valence-corrected chi connectivity index (χ4v) is 2.30. The number of hydrogen-bond acceptors (Lipinski definition) is 1. The summed E-state index contributed by atoms with van der Waals surface area (Å²) < 4.78 is 0. The van der Waals surface area contributed by atoms with E-state index in [2.05, 4.69) is 38.7 Å². The number of benzene rings is 1. The van der Waals surface area contributed by atoms with E-state index in [1.165, 1.54) is 27.6 Å². The maximum absolute atomic E-state index is 5.96. The lowest BCUT2D eigenvalue weighted by atomic mass is 9.97. The second kappa shape index (κ2) is 3.49. The van der Waals surface area contributed by atoms with Gasteiger partial charge in [-0.25, -0.2) is 4.98 Å². The van der Waals surface area contributed by atoms with Gasteiger partial charge in [0.15, 0.2) is 0 Å². The maximum atomic E-state index is 5.96. The van der Waals surface area contributed by atoms with Crippen molar-refractivity contribution in [3.05, 3.63) is 39.5 Å². The van der Waals surface area contributed by atoms with Gasteiger partial charge in [-0.3, -0.25) is 0 Å². The van der Waals surface area contributed by atoms with Crippen LogP contribution in [0.25, 0.3) is 10.9 Å². The van der Waals surface area contributed by atoms with Crippen LogP contribution in [-0.2, 0) is 0 Å². The van der Waals surface area contributed by atoms with Gasteiger partial charge < -0.3 is 0 Å². The smallest absolute Gasteiger partial charge is 0.130 e. The third-order valence-electron chi connectivity index (χ3n) is 3.10. The molecule has 2 aromatic rings. The molecule has 78 valence electrons. The average Bonchev–Trinajstić information content (AvgIpc) is 2.13. The lowest BCUT2D eigenvalue weighted by Gasteiger charge is -2.11. The molecule has 15 heavy (non-hydrogen) atoms. The summed E-state index contributed by atoms with van der Waals surface area (Å²) in [5, 5.41) is 1.81. The zero-order chi connectivity index (χ0) is 11.2. The Morgan fingerprint density at radius 1 is 0.933 bits per heavy atom. The maximum Gasteiger partial charge on any atom is 0.130 e. The zero-order valence-electron chi connectivity index (χ0n) is 9.48. The third-order valence-corrected chi connectivity index (χ3v) is 3.29. The number of halogens is 1. The number of aryl methyl sites for hydroxylation is 3. The molecule has 0 spiro atoms. The first-order valence-corrected chi connectivity index (χ1v) is 5.42. The van der Waals surface area contributed by atoms with Gasteiger partial charge in [-0.15, -0.1) is 0 Å². The zero-order valence-corrected chi connectivity index (χ0v) is 10.2. The molecule has 0 aliphatic carbocycles. The quantitative estimate of drug-likeness (QED) is 0.608. The monoisotopic (exact) mass is 219 g/mol. The van der Waals surface area contributed by atoms with Gasteiger partial charge in [-0.1, -0.05) is 11.6 Å². The molecule has 0 saturated heterocycles. The molecule has 0 amide bonds. The number of fused-ring (bicyclic) bond motifs is 1. The van der Waals surface area contributed by atoms with E-state index in [1.807, 2.05) is 6.07 Å². The van der Waals surface area contributed by atoms with Crippen LogP contribution < -0.4 is 0 Å². The van der Waals surface area contributed by atoms with Crippen LogP contribution in [0.1, 0.15) is 22.3 Å². The Labute approximate surface area is 95.1 Å². The molecule has 1 aromatic carbocycles. The minimum Gasteiger partial charge on any atom is -0.236 e. The van der Waals surface area contributed by atoms with Gasteiger partial charge in [0.2, 0.25) is 0 Å². The number of pyridine rings is 1. The Kier molecular flexibility index (Phi) is 2.43. The van der Waals surface area contributed by atoms with E-state index < -0.39 is 0 Å². The molecule has 0 aliphatic rings. The van der Waals surface area contributed by atoms with Gasteiger partial charge >= 0.3 is 0 Å². The Morgan fingerprint density at radius 3 is 2.27 bits per heavy atom. The Balaban J connectivity index is 2.99. The van der Waals surface area contributed by atoms with Crippen molar-refractivity contribution in [2.45, 2.75) is 27.7 Å². The van der Waals surface area contributed by atoms with Crippen molar-refractivity contribution < 1.29 is 0 Å². The minimum absolute atomic E-state index is 0.572. The fourth-order valence-electron chi connectivity index (χ4n) is 2.04.